The van der Waals surface area contributed by atoms with Crippen molar-refractivity contribution < 1.29 is 5.11 Å². The van der Waals surface area contributed by atoms with E-state index >= 15 is 0 Å². The van der Waals surface area contributed by atoms with Crippen LogP contribution in [0.2, 0.25) is 0 Å². The third-order valence-corrected chi connectivity index (χ3v) is 3.34. The van der Waals surface area contributed by atoms with E-state index in [2.05, 4.69) is 20.8 Å². The van der Waals surface area contributed by atoms with Gasteiger partial charge in [0.1, 0.15) is 6.10 Å². The molecule has 1 nitrogen and oxygen atoms in total. The van der Waals surface area contributed by atoms with E-state index in [0.717, 1.165) is 5.56 Å². The Morgan fingerprint density at radius 2 is 1.64 bits per heavy atom. The fourth-order valence-corrected chi connectivity index (χ4v) is 2.04. The first-order chi connectivity index (χ1) is 6.55. The van der Waals surface area contributed by atoms with Gasteiger partial charge in [-0.05, 0) is 18.1 Å². The molecule has 1 N–H and O–H groups in total. The molecule has 1 aromatic carbocycles. The van der Waals surface area contributed by atoms with Crippen LogP contribution in [0.25, 0.3) is 0 Å². The lowest BCUT2D eigenvalue weighted by molar-refractivity contribution is 0.211. The molecule has 0 aromatic heterocycles. The van der Waals surface area contributed by atoms with Gasteiger partial charge in [0.15, 0.2) is 0 Å². The number of allylic oxidation sites excluding steroid dienone is 1. The highest BCUT2D eigenvalue weighted by atomic mass is 16.3. The first kappa shape index (κ1) is 9.47. The average Bonchev–Trinajstić information content (AvgIpc) is 2.67. The summed E-state index contributed by atoms with van der Waals surface area (Å²) in [6.07, 6.45) is -0.411. The van der Waals surface area contributed by atoms with Crippen molar-refractivity contribution in [3.05, 3.63) is 47.0 Å². The highest BCUT2D eigenvalue weighted by Crippen LogP contribution is 2.56. The van der Waals surface area contributed by atoms with Crippen LogP contribution in [-0.4, -0.2) is 5.11 Å². The molecule has 0 bridgehead atoms. The van der Waals surface area contributed by atoms with Gasteiger partial charge in [0.05, 0.1) is 0 Å². The summed E-state index contributed by atoms with van der Waals surface area (Å²) in [5.41, 5.74) is 3.64. The van der Waals surface area contributed by atoms with Crippen LogP contribution in [0.5, 0.6) is 0 Å². The van der Waals surface area contributed by atoms with Gasteiger partial charge in [0, 0.05) is 5.41 Å². The smallest absolute Gasteiger partial charge is 0.101 e. The maximum atomic E-state index is 10.1. The van der Waals surface area contributed by atoms with Crippen molar-refractivity contribution in [3.63, 3.8) is 0 Å². The minimum atomic E-state index is -0.411. The molecule has 0 radical (unpaired) electrons. The second kappa shape index (κ2) is 2.96. The Kier molecular flexibility index (Phi) is 2.00. The van der Waals surface area contributed by atoms with Crippen LogP contribution in [0.4, 0.5) is 0 Å². The van der Waals surface area contributed by atoms with E-state index in [1.54, 1.807) is 0 Å². The number of rotatable bonds is 2. The molecule has 0 amide bonds. The molecule has 0 aliphatic heterocycles. The van der Waals surface area contributed by atoms with Gasteiger partial charge < -0.3 is 5.11 Å². The molecular formula is C13H16O. The molecule has 0 saturated heterocycles. The van der Waals surface area contributed by atoms with Crippen molar-refractivity contribution >= 4 is 0 Å². The molecule has 1 unspecified atom stereocenters. The van der Waals surface area contributed by atoms with Crippen LogP contribution in [0.1, 0.15) is 32.4 Å². The van der Waals surface area contributed by atoms with Crippen LogP contribution in [-0.2, 0) is 0 Å². The minimum Gasteiger partial charge on any atom is -0.384 e. The van der Waals surface area contributed by atoms with Crippen molar-refractivity contribution in [3.8, 4) is 0 Å². The molecular weight excluding hydrogens is 172 g/mol. The minimum absolute atomic E-state index is 0.134. The van der Waals surface area contributed by atoms with Crippen LogP contribution < -0.4 is 0 Å². The Balaban J connectivity index is 2.24. The predicted octanol–water partition coefficient (Wildman–Crippen LogP) is 3.08. The molecule has 14 heavy (non-hydrogen) atoms. The van der Waals surface area contributed by atoms with Crippen LogP contribution in [0.3, 0.4) is 0 Å². The fourth-order valence-electron chi connectivity index (χ4n) is 2.04. The van der Waals surface area contributed by atoms with Gasteiger partial charge in [-0.1, -0.05) is 49.8 Å². The quantitative estimate of drug-likeness (QED) is 0.707. The zero-order valence-electron chi connectivity index (χ0n) is 8.91. The van der Waals surface area contributed by atoms with Gasteiger partial charge >= 0.3 is 0 Å². The second-order valence-electron chi connectivity index (χ2n) is 4.48. The third-order valence-electron chi connectivity index (χ3n) is 3.34. The summed E-state index contributed by atoms with van der Waals surface area (Å²) < 4.78 is 0. The average molecular weight is 188 g/mol. The van der Waals surface area contributed by atoms with Crippen LogP contribution in [0, 0.1) is 5.41 Å². The molecule has 0 heterocycles. The Hall–Kier alpha value is -1.08. The van der Waals surface area contributed by atoms with Gasteiger partial charge in [-0.2, -0.15) is 0 Å². The summed E-state index contributed by atoms with van der Waals surface area (Å²) in [6, 6.07) is 9.84. The molecule has 74 valence electrons. The number of aliphatic hydroxyl groups excluding tert-OH is 1. The normalized spacial score (nSPS) is 20.9. The maximum absolute atomic E-state index is 10.1. The van der Waals surface area contributed by atoms with Crippen molar-refractivity contribution in [2.75, 3.05) is 0 Å². The Bertz CT molecular complexity index is 373. The molecule has 0 spiro atoms. The molecule has 2 rings (SSSR count). The zero-order chi connectivity index (χ0) is 10.3. The standard InChI is InChI=1S/C13H16O/c1-9-11(13(9,2)3)12(14)10-7-5-4-6-8-10/h4-8,12,14H,1-3H3. The molecule has 0 fully saturated rings. The lowest BCUT2D eigenvalue weighted by Crippen LogP contribution is -2.01. The summed E-state index contributed by atoms with van der Waals surface area (Å²) in [7, 11) is 0. The molecule has 1 heteroatoms. The van der Waals surface area contributed by atoms with E-state index in [1.807, 2.05) is 30.3 Å². The topological polar surface area (TPSA) is 20.2 Å². The second-order valence-corrected chi connectivity index (χ2v) is 4.48. The van der Waals surface area contributed by atoms with Crippen LogP contribution >= 0.6 is 0 Å². The molecule has 1 aliphatic rings. The van der Waals surface area contributed by atoms with Gasteiger partial charge in [0.25, 0.3) is 0 Å². The summed E-state index contributed by atoms with van der Waals surface area (Å²) in [4.78, 5) is 0. The Morgan fingerprint density at radius 1 is 1.14 bits per heavy atom. The van der Waals surface area contributed by atoms with Gasteiger partial charge in [-0.25, -0.2) is 0 Å². The van der Waals surface area contributed by atoms with E-state index < -0.39 is 6.10 Å². The number of benzene rings is 1. The van der Waals surface area contributed by atoms with E-state index in [4.69, 9.17) is 0 Å². The summed E-state index contributed by atoms with van der Waals surface area (Å²) in [5.74, 6) is 0. The van der Waals surface area contributed by atoms with Crippen molar-refractivity contribution in [2.45, 2.75) is 26.9 Å². The first-order valence-electron chi connectivity index (χ1n) is 5.00. The molecule has 0 saturated carbocycles. The highest BCUT2D eigenvalue weighted by molar-refractivity contribution is 5.50. The fraction of sp³-hybridized carbons (Fsp3) is 0.385. The lowest BCUT2D eigenvalue weighted by Gasteiger charge is -2.11. The summed E-state index contributed by atoms with van der Waals surface area (Å²) in [5, 5.41) is 10.1. The van der Waals surface area contributed by atoms with E-state index in [9.17, 15) is 5.11 Å². The first-order valence-corrected chi connectivity index (χ1v) is 5.00. The number of aliphatic hydroxyl groups is 1. The molecule has 1 aromatic rings. The monoisotopic (exact) mass is 188 g/mol. The zero-order valence-corrected chi connectivity index (χ0v) is 8.91. The Morgan fingerprint density at radius 3 is 2.07 bits per heavy atom. The Labute approximate surface area is 85.1 Å². The number of hydrogen-bond acceptors (Lipinski definition) is 1. The SMILES string of the molecule is CC1=C(C(O)c2ccccc2)C1(C)C. The van der Waals surface area contributed by atoms with Crippen molar-refractivity contribution in [1.82, 2.24) is 0 Å². The van der Waals surface area contributed by atoms with E-state index in [1.165, 1.54) is 11.1 Å². The summed E-state index contributed by atoms with van der Waals surface area (Å²) in [6.45, 7) is 6.41. The van der Waals surface area contributed by atoms with Crippen molar-refractivity contribution in [1.29, 1.82) is 0 Å². The summed E-state index contributed by atoms with van der Waals surface area (Å²) >= 11 is 0. The third kappa shape index (κ3) is 1.28. The van der Waals surface area contributed by atoms with Crippen LogP contribution in [0.15, 0.2) is 41.5 Å². The largest absolute Gasteiger partial charge is 0.384 e. The molecule has 1 atom stereocenters. The van der Waals surface area contributed by atoms with Gasteiger partial charge in [-0.15, -0.1) is 0 Å². The van der Waals surface area contributed by atoms with E-state index in [0.29, 0.717) is 0 Å². The predicted molar refractivity (Wildman–Crippen MR) is 57.9 cm³/mol. The van der Waals surface area contributed by atoms with E-state index in [-0.39, 0.29) is 5.41 Å². The lowest BCUT2D eigenvalue weighted by atomic mass is 9.98. The van der Waals surface area contributed by atoms with Gasteiger partial charge in [0.2, 0.25) is 0 Å². The number of hydrogen-bond donors (Lipinski definition) is 1. The highest BCUT2D eigenvalue weighted by Gasteiger charge is 2.45. The van der Waals surface area contributed by atoms with Crippen molar-refractivity contribution in [2.24, 2.45) is 5.41 Å². The molecule has 1 aliphatic carbocycles. The maximum Gasteiger partial charge on any atom is 0.101 e. The van der Waals surface area contributed by atoms with Gasteiger partial charge in [-0.3, -0.25) is 0 Å².